The van der Waals surface area contributed by atoms with Crippen LogP contribution in [0.3, 0.4) is 0 Å². The quantitative estimate of drug-likeness (QED) is 0.231. The molecule has 31 heavy (non-hydrogen) atoms. The molecule has 0 radical (unpaired) electrons. The van der Waals surface area contributed by atoms with E-state index in [2.05, 4.69) is 16.0 Å². The lowest BCUT2D eigenvalue weighted by Gasteiger charge is -2.14. The summed E-state index contributed by atoms with van der Waals surface area (Å²) in [5, 5.41) is 25.2. The summed E-state index contributed by atoms with van der Waals surface area (Å²) in [4.78, 5) is 18.5. The van der Waals surface area contributed by atoms with Gasteiger partial charge in [0.1, 0.15) is 11.6 Å². The number of hydrogen-bond acceptors (Lipinski definition) is 6. The number of nitro benzene ring substituents is 1. The van der Waals surface area contributed by atoms with Crippen molar-refractivity contribution >= 4 is 33.7 Å². The highest BCUT2D eigenvalue weighted by Gasteiger charge is 2.56. The van der Waals surface area contributed by atoms with E-state index in [4.69, 9.17) is 0 Å². The van der Waals surface area contributed by atoms with Gasteiger partial charge in [0.05, 0.1) is 27.3 Å². The predicted octanol–water partition coefficient (Wildman–Crippen LogP) is 4.61. The minimum atomic E-state index is -0.414. The molecule has 2 aliphatic heterocycles. The molecule has 0 saturated carbocycles. The van der Waals surface area contributed by atoms with Gasteiger partial charge in [-0.05, 0) is 24.3 Å². The van der Waals surface area contributed by atoms with Gasteiger partial charge in [-0.1, -0.05) is 36.4 Å². The number of fused-ring (bicyclic) bond motifs is 4. The third-order valence-corrected chi connectivity index (χ3v) is 5.66. The molecule has 1 unspecified atom stereocenters. The summed E-state index contributed by atoms with van der Waals surface area (Å²) < 4.78 is 0. The highest BCUT2D eigenvalue weighted by atomic mass is 16.6. The Balaban J connectivity index is 1.50. The number of anilines is 1. The lowest BCUT2D eigenvalue weighted by molar-refractivity contribution is -0.384. The Hall–Kier alpha value is -4.64. The van der Waals surface area contributed by atoms with Crippen molar-refractivity contribution in [3.63, 3.8) is 0 Å². The Morgan fingerprint density at radius 1 is 1.03 bits per heavy atom. The zero-order valence-electron chi connectivity index (χ0n) is 16.1. The molecule has 1 N–H and O–H groups in total. The number of aromatic nitrogens is 2. The molecule has 0 bridgehead atoms. The van der Waals surface area contributed by atoms with Crippen LogP contribution in [0, 0.1) is 21.4 Å². The van der Waals surface area contributed by atoms with Gasteiger partial charge in [-0.15, -0.1) is 0 Å². The highest BCUT2D eigenvalue weighted by Crippen LogP contribution is 2.59. The van der Waals surface area contributed by atoms with Gasteiger partial charge in [-0.25, -0.2) is 4.98 Å². The fourth-order valence-electron chi connectivity index (χ4n) is 4.26. The zero-order chi connectivity index (χ0) is 21.1. The van der Waals surface area contributed by atoms with Crippen molar-refractivity contribution < 1.29 is 4.92 Å². The van der Waals surface area contributed by atoms with E-state index >= 15 is 0 Å². The second-order valence-electron chi connectivity index (χ2n) is 7.36. The summed E-state index contributed by atoms with van der Waals surface area (Å²) in [7, 11) is 0. The van der Waals surface area contributed by atoms with Crippen molar-refractivity contribution in [2.75, 3.05) is 5.01 Å². The molecule has 1 fully saturated rings. The van der Waals surface area contributed by atoms with E-state index in [1.54, 1.807) is 12.1 Å². The van der Waals surface area contributed by atoms with Crippen molar-refractivity contribution in [1.29, 1.82) is 5.26 Å². The minimum absolute atomic E-state index is 0.0434. The molecule has 1 aromatic heterocycles. The van der Waals surface area contributed by atoms with Crippen LogP contribution in [0.5, 0.6) is 0 Å². The molecule has 0 aliphatic carbocycles. The molecule has 3 aromatic carbocycles. The zero-order valence-corrected chi connectivity index (χ0v) is 16.1. The standard InChI is InChI=1S/C23H14N6O2/c24-13-18(22-25-19-7-3-4-8-20(19)26-22)21-16-5-1-2-6-17(16)23-27(28(21)23)14-9-11-15(12-10-14)29(30)31/h1-12,23H,(H,25,26). The molecule has 1 saturated heterocycles. The number of non-ortho nitro benzene ring substituents is 1. The molecule has 6 rings (SSSR count). The second-order valence-corrected chi connectivity index (χ2v) is 7.36. The van der Waals surface area contributed by atoms with Gasteiger partial charge in [-0.3, -0.25) is 20.1 Å². The van der Waals surface area contributed by atoms with Crippen molar-refractivity contribution in [1.82, 2.24) is 15.0 Å². The van der Waals surface area contributed by atoms with E-state index in [-0.39, 0.29) is 11.9 Å². The predicted molar refractivity (Wildman–Crippen MR) is 115 cm³/mol. The topological polar surface area (TPSA) is 102 Å². The van der Waals surface area contributed by atoms with E-state index in [1.165, 1.54) is 12.1 Å². The average molecular weight is 406 g/mol. The molecule has 148 valence electrons. The summed E-state index contributed by atoms with van der Waals surface area (Å²) in [5.74, 6) is 0.518. The summed E-state index contributed by atoms with van der Waals surface area (Å²) in [6, 6.07) is 24.4. The van der Waals surface area contributed by atoms with Gasteiger partial charge < -0.3 is 4.98 Å². The number of hydrogen-bond donors (Lipinski definition) is 1. The van der Waals surface area contributed by atoms with E-state index < -0.39 is 4.92 Å². The monoisotopic (exact) mass is 406 g/mol. The molecule has 4 aromatic rings. The summed E-state index contributed by atoms with van der Waals surface area (Å²) in [5.41, 5.74) is 5.84. The number of imidazole rings is 1. The summed E-state index contributed by atoms with van der Waals surface area (Å²) >= 11 is 0. The maximum atomic E-state index is 11.0. The second kappa shape index (κ2) is 6.18. The molecule has 1 atom stereocenters. The fraction of sp³-hybridized carbons (Fsp3) is 0.0435. The van der Waals surface area contributed by atoms with Crippen molar-refractivity contribution in [3.05, 3.63) is 99.9 Å². The van der Waals surface area contributed by atoms with Crippen LogP contribution in [0.1, 0.15) is 23.1 Å². The SMILES string of the molecule is N#CC(=C1c2ccccc2C2N1N2c1ccc([N+](=O)[O-])cc1)c1nc2ccccc2[nH]1. The lowest BCUT2D eigenvalue weighted by atomic mass is 10.0. The van der Waals surface area contributed by atoms with Crippen LogP contribution in [-0.4, -0.2) is 19.9 Å². The van der Waals surface area contributed by atoms with Crippen LogP contribution >= 0.6 is 0 Å². The maximum Gasteiger partial charge on any atom is 0.269 e. The minimum Gasteiger partial charge on any atom is -0.337 e. The van der Waals surface area contributed by atoms with Gasteiger partial charge in [0.15, 0.2) is 12.0 Å². The molecular formula is C23H14N6O2. The van der Waals surface area contributed by atoms with E-state index in [0.717, 1.165) is 33.5 Å². The number of allylic oxidation sites excluding steroid dienone is 1. The molecule has 0 amide bonds. The number of para-hydroxylation sites is 2. The largest absolute Gasteiger partial charge is 0.337 e. The van der Waals surface area contributed by atoms with Crippen molar-refractivity contribution in [2.24, 2.45) is 0 Å². The van der Waals surface area contributed by atoms with E-state index in [1.807, 2.05) is 58.5 Å². The summed E-state index contributed by atoms with van der Waals surface area (Å²) in [6.45, 7) is 0. The first kappa shape index (κ1) is 17.2. The number of nitro groups is 1. The van der Waals surface area contributed by atoms with Gasteiger partial charge >= 0.3 is 0 Å². The number of nitriles is 1. The molecule has 8 heteroatoms. The Morgan fingerprint density at radius 2 is 1.77 bits per heavy atom. The van der Waals surface area contributed by atoms with Crippen molar-refractivity contribution in [3.8, 4) is 6.07 Å². The maximum absolute atomic E-state index is 11.0. The van der Waals surface area contributed by atoms with Gasteiger partial charge in [0, 0.05) is 23.3 Å². The van der Waals surface area contributed by atoms with Crippen molar-refractivity contribution in [2.45, 2.75) is 6.17 Å². The average Bonchev–Trinajstić information content (AvgIpc) is 3.21. The fourth-order valence-corrected chi connectivity index (χ4v) is 4.26. The van der Waals surface area contributed by atoms with Crippen LogP contribution < -0.4 is 5.01 Å². The first-order valence-electron chi connectivity index (χ1n) is 9.69. The molecular weight excluding hydrogens is 392 g/mol. The van der Waals surface area contributed by atoms with E-state index in [9.17, 15) is 15.4 Å². The summed E-state index contributed by atoms with van der Waals surface area (Å²) in [6.07, 6.45) is -0.0552. The van der Waals surface area contributed by atoms with E-state index in [0.29, 0.717) is 11.4 Å². The molecule has 2 aliphatic rings. The Kier molecular flexibility index (Phi) is 3.43. The van der Waals surface area contributed by atoms with Crippen LogP contribution in [-0.2, 0) is 0 Å². The smallest absolute Gasteiger partial charge is 0.269 e. The number of benzene rings is 3. The van der Waals surface area contributed by atoms with Crippen LogP contribution in [0.2, 0.25) is 0 Å². The number of H-pyrrole nitrogens is 1. The number of aromatic amines is 1. The molecule has 3 heterocycles. The number of nitrogens with one attached hydrogen (secondary N) is 1. The Labute approximate surface area is 176 Å². The Bertz CT molecular complexity index is 1410. The molecule has 0 spiro atoms. The normalized spacial score (nSPS) is 17.8. The number of nitrogens with zero attached hydrogens (tertiary/aromatic N) is 5. The number of rotatable bonds is 3. The van der Waals surface area contributed by atoms with Gasteiger partial charge in [0.2, 0.25) is 0 Å². The van der Waals surface area contributed by atoms with Crippen LogP contribution in [0.25, 0.3) is 22.3 Å². The third-order valence-electron chi connectivity index (χ3n) is 5.66. The lowest BCUT2D eigenvalue weighted by Crippen LogP contribution is -2.09. The highest BCUT2D eigenvalue weighted by molar-refractivity contribution is 6.01. The number of hydrazine groups is 1. The first-order valence-corrected chi connectivity index (χ1v) is 9.69. The van der Waals surface area contributed by atoms with Gasteiger partial charge in [-0.2, -0.15) is 5.26 Å². The van der Waals surface area contributed by atoms with Gasteiger partial charge in [0.25, 0.3) is 5.69 Å². The van der Waals surface area contributed by atoms with Crippen LogP contribution in [0.15, 0.2) is 72.8 Å². The van der Waals surface area contributed by atoms with Crippen LogP contribution in [0.4, 0.5) is 11.4 Å². The first-order chi connectivity index (χ1) is 15.2. The Morgan fingerprint density at radius 3 is 2.52 bits per heavy atom. The molecule has 8 nitrogen and oxygen atoms in total. The third kappa shape index (κ3) is 2.44.